The van der Waals surface area contributed by atoms with Crippen molar-refractivity contribution >= 4 is 5.91 Å². The number of rotatable bonds is 2. The Bertz CT molecular complexity index is 583. The van der Waals surface area contributed by atoms with Crippen molar-refractivity contribution in [3.8, 4) is 0 Å². The highest BCUT2D eigenvalue weighted by atomic mass is 19.1. The van der Waals surface area contributed by atoms with Crippen LogP contribution < -0.4 is 0 Å². The lowest BCUT2D eigenvalue weighted by Crippen LogP contribution is -2.63. The topological polar surface area (TPSA) is 45.7 Å². The van der Waals surface area contributed by atoms with E-state index >= 15 is 0 Å². The fourth-order valence-electron chi connectivity index (χ4n) is 3.89. The zero-order valence-corrected chi connectivity index (χ0v) is 12.5. The third-order valence-electron chi connectivity index (χ3n) is 5.09. The summed E-state index contributed by atoms with van der Waals surface area (Å²) in [5, 5.41) is 0. The number of nitrogens with zero attached hydrogens (tertiary/aromatic N) is 3. The molecule has 6 heteroatoms. The normalized spacial score (nSPS) is 27.3. The minimum atomic E-state index is -0.560. The SMILES string of the molecule is O=C(c1ccncc1F)N1CC2(CC(N3CCCC3)CO2)C1. The predicted octanol–water partition coefficient (Wildman–Crippen LogP) is 1.30. The van der Waals surface area contributed by atoms with Gasteiger partial charge in [-0.3, -0.25) is 14.7 Å². The quantitative estimate of drug-likeness (QED) is 0.826. The highest BCUT2D eigenvalue weighted by Crippen LogP contribution is 2.38. The maximum Gasteiger partial charge on any atom is 0.257 e. The molecule has 5 nitrogen and oxygen atoms in total. The van der Waals surface area contributed by atoms with Gasteiger partial charge in [0, 0.05) is 12.2 Å². The molecule has 0 aliphatic carbocycles. The van der Waals surface area contributed by atoms with Gasteiger partial charge in [-0.05, 0) is 38.4 Å². The molecule has 3 aliphatic rings. The summed E-state index contributed by atoms with van der Waals surface area (Å²) < 4.78 is 19.7. The lowest BCUT2D eigenvalue weighted by atomic mass is 9.88. The summed E-state index contributed by atoms with van der Waals surface area (Å²) in [6.07, 6.45) is 6.06. The summed E-state index contributed by atoms with van der Waals surface area (Å²) in [5.74, 6) is -0.825. The number of likely N-dealkylation sites (tertiary alicyclic amines) is 2. The summed E-state index contributed by atoms with van der Waals surface area (Å²) in [6.45, 7) is 4.21. The highest BCUT2D eigenvalue weighted by Gasteiger charge is 2.52. The van der Waals surface area contributed by atoms with Crippen LogP contribution in [0.3, 0.4) is 0 Å². The molecule has 3 saturated heterocycles. The molecule has 1 atom stereocenters. The first-order valence-electron chi connectivity index (χ1n) is 7.94. The van der Waals surface area contributed by atoms with Crippen LogP contribution >= 0.6 is 0 Å². The molecule has 118 valence electrons. The fourth-order valence-corrected chi connectivity index (χ4v) is 3.89. The Morgan fingerprint density at radius 3 is 2.86 bits per heavy atom. The number of halogens is 1. The zero-order chi connectivity index (χ0) is 15.2. The van der Waals surface area contributed by atoms with E-state index in [1.807, 2.05) is 0 Å². The Morgan fingerprint density at radius 2 is 2.14 bits per heavy atom. The summed E-state index contributed by atoms with van der Waals surface area (Å²) in [6, 6.07) is 1.92. The number of carbonyl (C=O) groups excluding carboxylic acids is 1. The molecule has 0 N–H and O–H groups in total. The fraction of sp³-hybridized carbons (Fsp3) is 0.625. The molecule has 22 heavy (non-hydrogen) atoms. The van der Waals surface area contributed by atoms with Gasteiger partial charge >= 0.3 is 0 Å². The van der Waals surface area contributed by atoms with Gasteiger partial charge in [0.25, 0.3) is 5.91 Å². The molecule has 3 aliphatic heterocycles. The molecule has 0 aromatic carbocycles. The smallest absolute Gasteiger partial charge is 0.257 e. The van der Waals surface area contributed by atoms with Crippen molar-refractivity contribution in [3.63, 3.8) is 0 Å². The molecule has 1 spiro atoms. The second kappa shape index (κ2) is 5.28. The number of hydrogen-bond donors (Lipinski definition) is 0. The predicted molar refractivity (Wildman–Crippen MR) is 78.0 cm³/mol. The van der Waals surface area contributed by atoms with E-state index in [-0.39, 0.29) is 17.1 Å². The van der Waals surface area contributed by atoms with Gasteiger partial charge < -0.3 is 9.64 Å². The second-order valence-electron chi connectivity index (χ2n) is 6.61. The first-order valence-corrected chi connectivity index (χ1v) is 7.94. The van der Waals surface area contributed by atoms with Gasteiger partial charge in [0.1, 0.15) is 5.60 Å². The van der Waals surface area contributed by atoms with Crippen LogP contribution in [0.1, 0.15) is 29.6 Å². The molecule has 0 bridgehead atoms. The van der Waals surface area contributed by atoms with E-state index in [9.17, 15) is 9.18 Å². The van der Waals surface area contributed by atoms with Crippen LogP contribution in [0.2, 0.25) is 0 Å². The minimum Gasteiger partial charge on any atom is -0.370 e. The highest BCUT2D eigenvalue weighted by molar-refractivity contribution is 5.95. The van der Waals surface area contributed by atoms with Crippen molar-refractivity contribution in [2.75, 3.05) is 32.8 Å². The van der Waals surface area contributed by atoms with Gasteiger partial charge in [-0.25, -0.2) is 4.39 Å². The molecule has 1 unspecified atom stereocenters. The summed E-state index contributed by atoms with van der Waals surface area (Å²) >= 11 is 0. The standard InChI is InChI=1S/C16H20FN3O2/c17-14-8-18-4-3-13(14)15(21)20-10-16(11-20)7-12(9-22-16)19-5-1-2-6-19/h3-4,8,12H,1-2,5-7,9-11H2. The Morgan fingerprint density at radius 1 is 1.36 bits per heavy atom. The largest absolute Gasteiger partial charge is 0.370 e. The van der Waals surface area contributed by atoms with Crippen molar-refractivity contribution in [1.82, 2.24) is 14.8 Å². The van der Waals surface area contributed by atoms with E-state index in [2.05, 4.69) is 9.88 Å². The van der Waals surface area contributed by atoms with Gasteiger partial charge in [0.2, 0.25) is 0 Å². The van der Waals surface area contributed by atoms with Crippen molar-refractivity contribution in [2.45, 2.75) is 30.9 Å². The van der Waals surface area contributed by atoms with Crippen LogP contribution in [0.4, 0.5) is 4.39 Å². The summed E-state index contributed by atoms with van der Waals surface area (Å²) in [4.78, 5) is 20.2. The Kier molecular flexibility index (Phi) is 3.38. The first kappa shape index (κ1) is 14.1. The van der Waals surface area contributed by atoms with E-state index in [1.165, 1.54) is 25.1 Å². The van der Waals surface area contributed by atoms with Crippen molar-refractivity contribution in [3.05, 3.63) is 29.8 Å². The van der Waals surface area contributed by atoms with Crippen LogP contribution in [0.25, 0.3) is 0 Å². The Balaban J connectivity index is 1.38. The van der Waals surface area contributed by atoms with Gasteiger partial charge in [-0.2, -0.15) is 0 Å². The van der Waals surface area contributed by atoms with Gasteiger partial charge in [-0.1, -0.05) is 0 Å². The van der Waals surface area contributed by atoms with E-state index in [4.69, 9.17) is 4.74 Å². The first-order chi connectivity index (χ1) is 10.7. The molecule has 0 saturated carbocycles. The third-order valence-corrected chi connectivity index (χ3v) is 5.09. The summed E-state index contributed by atoms with van der Waals surface area (Å²) in [7, 11) is 0. The molecule has 0 radical (unpaired) electrons. The Hall–Kier alpha value is -1.53. The second-order valence-corrected chi connectivity index (χ2v) is 6.61. The Labute approximate surface area is 129 Å². The van der Waals surface area contributed by atoms with Crippen molar-refractivity contribution in [1.29, 1.82) is 0 Å². The lowest BCUT2D eigenvalue weighted by molar-refractivity contribution is -0.0951. The van der Waals surface area contributed by atoms with E-state index < -0.39 is 5.82 Å². The zero-order valence-electron chi connectivity index (χ0n) is 12.5. The molecule has 1 amide bonds. The van der Waals surface area contributed by atoms with Gasteiger partial charge in [0.15, 0.2) is 5.82 Å². The third kappa shape index (κ3) is 2.30. The van der Waals surface area contributed by atoms with Crippen LogP contribution in [0.5, 0.6) is 0 Å². The number of pyridine rings is 1. The van der Waals surface area contributed by atoms with Gasteiger partial charge in [0.05, 0.1) is 31.5 Å². The molecule has 3 fully saturated rings. The molecular weight excluding hydrogens is 285 g/mol. The van der Waals surface area contributed by atoms with Crippen molar-refractivity contribution < 1.29 is 13.9 Å². The van der Waals surface area contributed by atoms with E-state index in [1.54, 1.807) is 4.90 Å². The maximum atomic E-state index is 13.6. The molecular formula is C16H20FN3O2. The van der Waals surface area contributed by atoms with Crippen LogP contribution in [-0.2, 0) is 4.74 Å². The van der Waals surface area contributed by atoms with E-state index in [0.717, 1.165) is 32.3 Å². The average molecular weight is 305 g/mol. The van der Waals surface area contributed by atoms with Crippen molar-refractivity contribution in [2.24, 2.45) is 0 Å². The number of amides is 1. The van der Waals surface area contributed by atoms with Crippen LogP contribution in [0.15, 0.2) is 18.5 Å². The monoisotopic (exact) mass is 305 g/mol. The number of hydrogen-bond acceptors (Lipinski definition) is 4. The van der Waals surface area contributed by atoms with Crippen LogP contribution in [0, 0.1) is 5.82 Å². The lowest BCUT2D eigenvalue weighted by Gasteiger charge is -2.47. The summed E-state index contributed by atoms with van der Waals surface area (Å²) in [5.41, 5.74) is -0.106. The van der Waals surface area contributed by atoms with Crippen LogP contribution in [-0.4, -0.2) is 65.1 Å². The van der Waals surface area contributed by atoms with E-state index in [0.29, 0.717) is 19.1 Å². The molecule has 1 aromatic rings. The van der Waals surface area contributed by atoms with Gasteiger partial charge in [-0.15, -0.1) is 0 Å². The number of aromatic nitrogens is 1. The maximum absolute atomic E-state index is 13.6. The average Bonchev–Trinajstić information content (AvgIpc) is 3.14. The molecule has 4 rings (SSSR count). The molecule has 1 aromatic heterocycles. The number of carbonyl (C=O) groups is 1. The molecule has 4 heterocycles. The number of ether oxygens (including phenoxy) is 1. The minimum absolute atomic E-state index is 0.0962.